The molecule has 0 bridgehead atoms. The lowest BCUT2D eigenvalue weighted by Gasteiger charge is -2.35. The van der Waals surface area contributed by atoms with Gasteiger partial charge in [0.2, 0.25) is 0 Å². The fourth-order valence-corrected chi connectivity index (χ4v) is 4.53. The number of nitrogens with one attached hydrogen (secondary N) is 1. The third kappa shape index (κ3) is 3.80. The van der Waals surface area contributed by atoms with Gasteiger partial charge in [0.05, 0.1) is 11.7 Å². The van der Waals surface area contributed by atoms with Crippen LogP contribution in [-0.2, 0) is 0 Å². The molecule has 4 atom stereocenters. The van der Waals surface area contributed by atoms with Gasteiger partial charge in [-0.15, -0.1) is 0 Å². The molecule has 0 spiro atoms. The van der Waals surface area contributed by atoms with Crippen molar-refractivity contribution in [3.05, 3.63) is 53.2 Å². The molecule has 1 aromatic heterocycles. The van der Waals surface area contributed by atoms with E-state index in [9.17, 15) is 9.90 Å². The average Bonchev–Trinajstić information content (AvgIpc) is 3.10. The van der Waals surface area contributed by atoms with Crippen molar-refractivity contribution in [1.29, 1.82) is 0 Å². The average molecular weight is 402 g/mol. The molecule has 2 aromatic rings. The summed E-state index contributed by atoms with van der Waals surface area (Å²) in [6.07, 6.45) is 2.17. The summed E-state index contributed by atoms with van der Waals surface area (Å²) in [4.78, 5) is 19.1. The molecule has 1 aliphatic heterocycles. The predicted octanol–water partition coefficient (Wildman–Crippen LogP) is 3.07. The van der Waals surface area contributed by atoms with E-state index >= 15 is 0 Å². The fraction of sp³-hybridized carbons (Fsp3) is 0.429. The number of benzene rings is 1. The molecular weight excluding hydrogens is 378 g/mol. The monoisotopic (exact) mass is 401 g/mol. The van der Waals surface area contributed by atoms with Gasteiger partial charge in [0.1, 0.15) is 17.7 Å². The summed E-state index contributed by atoms with van der Waals surface area (Å²) in [5.74, 6) is 1.83. The quantitative estimate of drug-likeness (QED) is 0.823. The van der Waals surface area contributed by atoms with Crippen LogP contribution in [0.5, 0.6) is 5.75 Å². The topological polar surface area (TPSA) is 74.7 Å². The van der Waals surface area contributed by atoms with Gasteiger partial charge in [0.15, 0.2) is 0 Å². The number of nitrogens with zero attached hydrogens (tertiary/aromatic N) is 2. The van der Waals surface area contributed by atoms with Crippen molar-refractivity contribution in [3.8, 4) is 5.75 Å². The maximum absolute atomic E-state index is 13.0. The van der Waals surface area contributed by atoms with E-state index in [4.69, 9.17) is 16.3 Å². The Bertz CT molecular complexity index is 862. The Morgan fingerprint density at radius 1 is 1.25 bits per heavy atom. The van der Waals surface area contributed by atoms with E-state index in [1.54, 1.807) is 37.5 Å². The molecule has 1 amide bonds. The van der Waals surface area contributed by atoms with Crippen molar-refractivity contribution in [1.82, 2.24) is 9.88 Å². The number of carbonyl (C=O) groups is 1. The molecule has 0 unspecified atom stereocenters. The number of aliphatic hydroxyl groups excluding tert-OH is 1. The first-order valence-corrected chi connectivity index (χ1v) is 9.95. The second kappa shape index (κ2) is 7.97. The number of hydrogen-bond acceptors (Lipinski definition) is 5. The molecule has 7 heteroatoms. The minimum absolute atomic E-state index is 0.0198. The molecule has 28 heavy (non-hydrogen) atoms. The minimum Gasteiger partial charge on any atom is -0.488 e. The number of halogens is 1. The molecule has 6 nitrogen and oxygen atoms in total. The number of carbonyl (C=O) groups excluding carboxylic acids is 1. The van der Waals surface area contributed by atoms with E-state index in [0.29, 0.717) is 54.0 Å². The Morgan fingerprint density at radius 3 is 2.79 bits per heavy atom. The van der Waals surface area contributed by atoms with Crippen LogP contribution in [0.1, 0.15) is 23.2 Å². The molecule has 2 fully saturated rings. The highest BCUT2D eigenvalue weighted by atomic mass is 35.5. The first-order valence-electron chi connectivity index (χ1n) is 9.57. The molecule has 2 heterocycles. The van der Waals surface area contributed by atoms with Crippen LogP contribution in [0.15, 0.2) is 42.6 Å². The van der Waals surface area contributed by atoms with Crippen LogP contribution in [-0.4, -0.2) is 53.2 Å². The van der Waals surface area contributed by atoms with Gasteiger partial charge in [-0.3, -0.25) is 4.79 Å². The molecule has 0 radical (unpaired) electrons. The van der Waals surface area contributed by atoms with E-state index in [1.807, 2.05) is 17.0 Å². The lowest BCUT2D eigenvalue weighted by molar-refractivity contribution is -0.0231. The first kappa shape index (κ1) is 19.0. The molecule has 2 N–H and O–H groups in total. The lowest BCUT2D eigenvalue weighted by atomic mass is 9.78. The van der Waals surface area contributed by atoms with Gasteiger partial charge < -0.3 is 20.1 Å². The molecule has 1 saturated carbocycles. The maximum Gasteiger partial charge on any atom is 0.257 e. The third-order valence-corrected chi connectivity index (χ3v) is 5.97. The van der Waals surface area contributed by atoms with Gasteiger partial charge in [-0.25, -0.2) is 4.98 Å². The molecule has 4 rings (SSSR count). The highest BCUT2D eigenvalue weighted by Gasteiger charge is 2.44. The Kier molecular flexibility index (Phi) is 5.42. The van der Waals surface area contributed by atoms with Gasteiger partial charge in [-0.1, -0.05) is 17.7 Å². The number of aromatic nitrogens is 1. The van der Waals surface area contributed by atoms with Crippen molar-refractivity contribution < 1.29 is 14.6 Å². The third-order valence-electron chi connectivity index (χ3n) is 5.73. The predicted molar refractivity (Wildman–Crippen MR) is 108 cm³/mol. The maximum atomic E-state index is 13.0. The Hall–Kier alpha value is -2.31. The van der Waals surface area contributed by atoms with E-state index in [0.717, 1.165) is 0 Å². The van der Waals surface area contributed by atoms with Gasteiger partial charge >= 0.3 is 0 Å². The number of pyridine rings is 1. The van der Waals surface area contributed by atoms with Gasteiger partial charge in [0.25, 0.3) is 5.91 Å². The zero-order chi connectivity index (χ0) is 19.7. The molecular formula is C21H24ClN3O3. The van der Waals surface area contributed by atoms with Crippen LogP contribution < -0.4 is 10.1 Å². The Morgan fingerprint density at radius 2 is 2.04 bits per heavy atom. The van der Waals surface area contributed by atoms with Gasteiger partial charge in [-0.05, 0) is 55.0 Å². The summed E-state index contributed by atoms with van der Waals surface area (Å²) in [5, 5.41) is 14.2. The number of anilines is 1. The van der Waals surface area contributed by atoms with Crippen molar-refractivity contribution in [3.63, 3.8) is 0 Å². The summed E-state index contributed by atoms with van der Waals surface area (Å²) in [6, 6.07) is 10.8. The number of ether oxygens (including phenoxy) is 1. The van der Waals surface area contributed by atoms with Crippen LogP contribution in [0.4, 0.5) is 5.82 Å². The van der Waals surface area contributed by atoms with Crippen LogP contribution >= 0.6 is 11.6 Å². The van der Waals surface area contributed by atoms with Crippen molar-refractivity contribution >= 4 is 23.3 Å². The minimum atomic E-state index is -0.554. The number of amides is 1. The summed E-state index contributed by atoms with van der Waals surface area (Å²) in [7, 11) is 1.76. The Labute approximate surface area is 169 Å². The standard InChI is InChI=1S/C21H24ClN3O3/c1-23-20-17(6-3-7-24-20)21(27)25-11-13-8-18(26)19(9-14(13)12-25)28-16-5-2-4-15(22)10-16/h2-7,10,13-14,18-19,26H,8-9,11-12H2,1H3,(H,23,24)/t13-,14+,18+,19+/m0/s1. The molecule has 148 valence electrons. The SMILES string of the molecule is CNc1ncccc1C(=O)N1C[C@H]2C[C@@H](Oc3cccc(Cl)c3)[C@H](O)C[C@H]2C1. The second-order valence-corrected chi connectivity index (χ2v) is 7.97. The van der Waals surface area contributed by atoms with Gasteiger partial charge in [0, 0.05) is 31.4 Å². The molecule has 2 aliphatic rings. The number of rotatable bonds is 4. The fourth-order valence-electron chi connectivity index (χ4n) is 4.35. The summed E-state index contributed by atoms with van der Waals surface area (Å²) >= 11 is 6.03. The molecule has 1 saturated heterocycles. The summed E-state index contributed by atoms with van der Waals surface area (Å²) in [6.45, 7) is 1.33. The lowest BCUT2D eigenvalue weighted by Crippen LogP contribution is -2.42. The van der Waals surface area contributed by atoms with Crippen molar-refractivity contribution in [2.24, 2.45) is 11.8 Å². The largest absolute Gasteiger partial charge is 0.488 e. The number of aliphatic hydroxyl groups is 1. The van der Waals surface area contributed by atoms with Crippen LogP contribution in [0, 0.1) is 11.8 Å². The van der Waals surface area contributed by atoms with Crippen LogP contribution in [0.2, 0.25) is 5.02 Å². The zero-order valence-electron chi connectivity index (χ0n) is 15.7. The number of likely N-dealkylation sites (tertiary alicyclic amines) is 1. The Balaban J connectivity index is 1.44. The van der Waals surface area contributed by atoms with Gasteiger partial charge in [-0.2, -0.15) is 0 Å². The zero-order valence-corrected chi connectivity index (χ0v) is 16.5. The molecule has 1 aromatic carbocycles. The van der Waals surface area contributed by atoms with E-state index in [2.05, 4.69) is 10.3 Å². The normalized spacial score (nSPS) is 26.6. The number of fused-ring (bicyclic) bond motifs is 1. The smallest absolute Gasteiger partial charge is 0.257 e. The molecule has 1 aliphatic carbocycles. The summed E-state index contributed by atoms with van der Waals surface area (Å²) < 4.78 is 6.02. The van der Waals surface area contributed by atoms with E-state index in [1.165, 1.54) is 0 Å². The van der Waals surface area contributed by atoms with E-state index < -0.39 is 6.10 Å². The summed E-state index contributed by atoms with van der Waals surface area (Å²) in [5.41, 5.74) is 0.580. The highest BCUT2D eigenvalue weighted by Crippen LogP contribution is 2.39. The number of hydrogen-bond donors (Lipinski definition) is 2. The van der Waals surface area contributed by atoms with Crippen molar-refractivity contribution in [2.75, 3.05) is 25.5 Å². The van der Waals surface area contributed by atoms with Crippen LogP contribution in [0.25, 0.3) is 0 Å². The second-order valence-electron chi connectivity index (χ2n) is 7.53. The van der Waals surface area contributed by atoms with Crippen LogP contribution in [0.3, 0.4) is 0 Å². The highest BCUT2D eigenvalue weighted by molar-refractivity contribution is 6.30. The van der Waals surface area contributed by atoms with Crippen molar-refractivity contribution in [2.45, 2.75) is 25.0 Å². The van der Waals surface area contributed by atoms with E-state index in [-0.39, 0.29) is 17.9 Å². The first-order chi connectivity index (χ1) is 13.5.